The lowest BCUT2D eigenvalue weighted by Gasteiger charge is -2.16. The smallest absolute Gasteiger partial charge is 0.191 e. The predicted octanol–water partition coefficient (Wildman–Crippen LogP) is 1.60. The first kappa shape index (κ1) is 14.5. The van der Waals surface area contributed by atoms with E-state index in [9.17, 15) is 0 Å². The standard InChI is InChI=1S/C14H23N3O/c1-12(13-7-5-4-6-8-13)11-17-14(15-2)16-9-10-18-3/h4-8,12H,9-11H2,1-3H3,(H2,15,16,17). The third kappa shape index (κ3) is 5.19. The topological polar surface area (TPSA) is 45.7 Å². The third-order valence-electron chi connectivity index (χ3n) is 2.77. The van der Waals surface area contributed by atoms with Crippen LogP contribution in [0.15, 0.2) is 35.3 Å². The van der Waals surface area contributed by atoms with Crippen LogP contribution in [-0.4, -0.2) is 39.8 Å². The van der Waals surface area contributed by atoms with Crippen molar-refractivity contribution in [1.29, 1.82) is 0 Å². The number of ether oxygens (including phenoxy) is 1. The molecular weight excluding hydrogens is 226 g/mol. The zero-order valence-electron chi connectivity index (χ0n) is 11.4. The van der Waals surface area contributed by atoms with Crippen LogP contribution in [-0.2, 0) is 4.74 Å². The molecule has 1 aromatic carbocycles. The summed E-state index contributed by atoms with van der Waals surface area (Å²) in [5, 5.41) is 6.50. The molecule has 100 valence electrons. The molecule has 0 fully saturated rings. The van der Waals surface area contributed by atoms with Crippen molar-refractivity contribution in [1.82, 2.24) is 10.6 Å². The maximum Gasteiger partial charge on any atom is 0.191 e. The maximum atomic E-state index is 4.99. The summed E-state index contributed by atoms with van der Waals surface area (Å²) < 4.78 is 4.99. The van der Waals surface area contributed by atoms with Crippen molar-refractivity contribution < 1.29 is 4.74 Å². The summed E-state index contributed by atoms with van der Waals surface area (Å²) in [7, 11) is 3.46. The Morgan fingerprint density at radius 3 is 2.61 bits per heavy atom. The Morgan fingerprint density at radius 1 is 1.28 bits per heavy atom. The lowest BCUT2D eigenvalue weighted by Crippen LogP contribution is -2.40. The zero-order chi connectivity index (χ0) is 13.2. The normalized spacial score (nSPS) is 13.2. The van der Waals surface area contributed by atoms with Crippen LogP contribution in [0.4, 0.5) is 0 Å². The van der Waals surface area contributed by atoms with Gasteiger partial charge in [0.2, 0.25) is 0 Å². The van der Waals surface area contributed by atoms with Gasteiger partial charge in [0.1, 0.15) is 0 Å². The van der Waals surface area contributed by atoms with Gasteiger partial charge in [-0.2, -0.15) is 0 Å². The summed E-state index contributed by atoms with van der Waals surface area (Å²) in [6.45, 7) is 4.49. The molecule has 0 aromatic heterocycles. The summed E-state index contributed by atoms with van der Waals surface area (Å²) in [5.74, 6) is 1.27. The molecule has 0 aliphatic carbocycles. The van der Waals surface area contributed by atoms with Gasteiger partial charge in [-0.3, -0.25) is 4.99 Å². The van der Waals surface area contributed by atoms with Crippen LogP contribution < -0.4 is 10.6 Å². The number of nitrogens with one attached hydrogen (secondary N) is 2. The second-order valence-corrected chi connectivity index (χ2v) is 4.18. The minimum Gasteiger partial charge on any atom is -0.383 e. The van der Waals surface area contributed by atoms with Crippen LogP contribution in [0.1, 0.15) is 18.4 Å². The number of nitrogens with zero attached hydrogens (tertiary/aromatic N) is 1. The largest absolute Gasteiger partial charge is 0.383 e. The molecule has 2 N–H and O–H groups in total. The first-order valence-electron chi connectivity index (χ1n) is 6.26. The number of rotatable bonds is 6. The lowest BCUT2D eigenvalue weighted by atomic mass is 10.0. The predicted molar refractivity (Wildman–Crippen MR) is 76.1 cm³/mol. The van der Waals surface area contributed by atoms with Gasteiger partial charge in [0.15, 0.2) is 5.96 Å². The van der Waals surface area contributed by atoms with E-state index < -0.39 is 0 Å². The fourth-order valence-corrected chi connectivity index (χ4v) is 1.64. The van der Waals surface area contributed by atoms with Crippen LogP contribution in [0.5, 0.6) is 0 Å². The highest BCUT2D eigenvalue weighted by Gasteiger charge is 2.05. The second-order valence-electron chi connectivity index (χ2n) is 4.18. The van der Waals surface area contributed by atoms with Crippen LogP contribution >= 0.6 is 0 Å². The number of benzene rings is 1. The number of hydrogen-bond acceptors (Lipinski definition) is 2. The Bertz CT molecular complexity index is 351. The van der Waals surface area contributed by atoms with Crippen molar-refractivity contribution >= 4 is 5.96 Å². The quantitative estimate of drug-likeness (QED) is 0.457. The molecule has 0 aliphatic rings. The monoisotopic (exact) mass is 249 g/mol. The molecule has 4 heteroatoms. The molecule has 0 heterocycles. The molecule has 0 bridgehead atoms. The number of guanidine groups is 1. The van der Waals surface area contributed by atoms with Crippen molar-refractivity contribution in [3.05, 3.63) is 35.9 Å². The maximum absolute atomic E-state index is 4.99. The van der Waals surface area contributed by atoms with Crippen LogP contribution in [0.25, 0.3) is 0 Å². The van der Waals surface area contributed by atoms with Gasteiger partial charge in [-0.05, 0) is 11.5 Å². The van der Waals surface area contributed by atoms with Gasteiger partial charge in [0, 0.05) is 27.2 Å². The highest BCUT2D eigenvalue weighted by Crippen LogP contribution is 2.12. The summed E-state index contributed by atoms with van der Waals surface area (Å²) in [6, 6.07) is 10.5. The Kier molecular flexibility index (Phi) is 6.87. The average molecular weight is 249 g/mol. The van der Waals surface area contributed by atoms with Crippen LogP contribution in [0.3, 0.4) is 0 Å². The van der Waals surface area contributed by atoms with E-state index in [1.165, 1.54) is 5.56 Å². The molecule has 0 aliphatic heterocycles. The van der Waals surface area contributed by atoms with E-state index in [0.717, 1.165) is 19.0 Å². The molecule has 1 aromatic rings. The first-order chi connectivity index (χ1) is 8.77. The minimum absolute atomic E-state index is 0.451. The average Bonchev–Trinajstić information content (AvgIpc) is 2.43. The summed E-state index contributed by atoms with van der Waals surface area (Å²) in [4.78, 5) is 4.16. The molecule has 1 unspecified atom stereocenters. The fourth-order valence-electron chi connectivity index (χ4n) is 1.64. The molecule has 0 radical (unpaired) electrons. The van der Waals surface area contributed by atoms with Gasteiger partial charge >= 0.3 is 0 Å². The molecule has 4 nitrogen and oxygen atoms in total. The van der Waals surface area contributed by atoms with E-state index in [1.54, 1.807) is 14.2 Å². The second kappa shape index (κ2) is 8.53. The Labute approximate surface area is 109 Å². The zero-order valence-corrected chi connectivity index (χ0v) is 11.4. The van der Waals surface area contributed by atoms with E-state index in [0.29, 0.717) is 12.5 Å². The SMILES string of the molecule is CN=C(NCCOC)NCC(C)c1ccccc1. The molecule has 1 atom stereocenters. The van der Waals surface area contributed by atoms with Crippen molar-refractivity contribution in [2.75, 3.05) is 33.9 Å². The third-order valence-corrected chi connectivity index (χ3v) is 2.77. The highest BCUT2D eigenvalue weighted by atomic mass is 16.5. The van der Waals surface area contributed by atoms with Crippen molar-refractivity contribution in [2.24, 2.45) is 4.99 Å². The number of methoxy groups -OCH3 is 1. The summed E-state index contributed by atoms with van der Waals surface area (Å²) in [5.41, 5.74) is 1.33. The Balaban J connectivity index is 2.34. The summed E-state index contributed by atoms with van der Waals surface area (Å²) in [6.07, 6.45) is 0. The van der Waals surface area contributed by atoms with Crippen LogP contribution in [0, 0.1) is 0 Å². The molecule has 0 amide bonds. The number of aliphatic imine (C=N–C) groups is 1. The van der Waals surface area contributed by atoms with E-state index in [2.05, 4.69) is 46.8 Å². The fraction of sp³-hybridized carbons (Fsp3) is 0.500. The first-order valence-corrected chi connectivity index (χ1v) is 6.26. The van der Waals surface area contributed by atoms with Gasteiger partial charge in [-0.15, -0.1) is 0 Å². The van der Waals surface area contributed by atoms with Crippen molar-refractivity contribution in [3.8, 4) is 0 Å². The molecule has 0 spiro atoms. The van der Waals surface area contributed by atoms with Gasteiger partial charge in [0.05, 0.1) is 6.61 Å². The minimum atomic E-state index is 0.451. The molecular formula is C14H23N3O. The van der Waals surface area contributed by atoms with E-state index in [-0.39, 0.29) is 0 Å². The Hall–Kier alpha value is -1.55. The summed E-state index contributed by atoms with van der Waals surface area (Å²) >= 11 is 0. The van der Waals surface area contributed by atoms with Gasteiger partial charge in [-0.1, -0.05) is 37.3 Å². The molecule has 0 saturated heterocycles. The molecule has 1 rings (SSSR count). The van der Waals surface area contributed by atoms with Crippen LogP contribution in [0.2, 0.25) is 0 Å². The molecule has 18 heavy (non-hydrogen) atoms. The van der Waals surface area contributed by atoms with E-state index in [1.807, 2.05) is 6.07 Å². The van der Waals surface area contributed by atoms with Crippen molar-refractivity contribution in [2.45, 2.75) is 12.8 Å². The van der Waals surface area contributed by atoms with Crippen molar-refractivity contribution in [3.63, 3.8) is 0 Å². The van der Waals surface area contributed by atoms with E-state index >= 15 is 0 Å². The lowest BCUT2D eigenvalue weighted by molar-refractivity contribution is 0.203. The molecule has 0 saturated carbocycles. The Morgan fingerprint density at radius 2 is 2.00 bits per heavy atom. The highest BCUT2D eigenvalue weighted by molar-refractivity contribution is 5.79. The number of hydrogen-bond donors (Lipinski definition) is 2. The van der Waals surface area contributed by atoms with E-state index in [4.69, 9.17) is 4.74 Å². The van der Waals surface area contributed by atoms with Gasteiger partial charge in [-0.25, -0.2) is 0 Å². The van der Waals surface area contributed by atoms with Gasteiger partial charge < -0.3 is 15.4 Å². The van der Waals surface area contributed by atoms with Gasteiger partial charge in [0.25, 0.3) is 0 Å².